The van der Waals surface area contributed by atoms with E-state index in [9.17, 15) is 0 Å². The summed E-state index contributed by atoms with van der Waals surface area (Å²) in [4.78, 5) is 16.0. The molecule has 0 spiro atoms. The van der Waals surface area contributed by atoms with Crippen LogP contribution in [0.2, 0.25) is 0 Å². The van der Waals surface area contributed by atoms with Crippen molar-refractivity contribution in [3.63, 3.8) is 0 Å². The Balaban J connectivity index is -0.000000174. The zero-order valence-electron chi connectivity index (χ0n) is 8.77. The van der Waals surface area contributed by atoms with E-state index >= 15 is 0 Å². The van der Waals surface area contributed by atoms with Gasteiger partial charge in [0.15, 0.2) is 0 Å². The van der Waals surface area contributed by atoms with Gasteiger partial charge in [-0.05, 0) is 18.2 Å². The van der Waals surface area contributed by atoms with Crippen molar-refractivity contribution in [3.05, 3.63) is 35.9 Å². The molecular weight excluding hydrogens is 196 g/mol. The van der Waals surface area contributed by atoms with Crippen LogP contribution < -0.4 is 0 Å². The SMILES string of the molecule is C=O.C=O.CCc1ccccc1.CS. The summed E-state index contributed by atoms with van der Waals surface area (Å²) in [5, 5.41) is 0. The molecule has 0 aliphatic rings. The molecule has 0 heterocycles. The van der Waals surface area contributed by atoms with E-state index in [-0.39, 0.29) is 0 Å². The van der Waals surface area contributed by atoms with Crippen LogP contribution in [0, 0.1) is 0 Å². The molecule has 0 unspecified atom stereocenters. The smallest absolute Gasteiger partial charge is 0.106 e. The van der Waals surface area contributed by atoms with E-state index in [0.717, 1.165) is 6.42 Å². The van der Waals surface area contributed by atoms with Crippen LogP contribution in [0.15, 0.2) is 30.3 Å². The molecule has 1 aromatic carbocycles. The first-order valence-electron chi connectivity index (χ1n) is 4.00. The number of carbonyl (C=O) groups excluding carboxylic acids is 2. The summed E-state index contributed by atoms with van der Waals surface area (Å²) in [6, 6.07) is 10.5. The Kier molecular flexibility index (Phi) is 30.2. The molecule has 0 aliphatic heterocycles. The highest BCUT2D eigenvalue weighted by Gasteiger charge is 1.79. The molecule has 0 aliphatic carbocycles. The van der Waals surface area contributed by atoms with E-state index in [1.54, 1.807) is 6.26 Å². The first-order chi connectivity index (χ1) is 6.93. The summed E-state index contributed by atoms with van der Waals surface area (Å²) in [5.74, 6) is 0. The maximum absolute atomic E-state index is 8.00. The molecule has 14 heavy (non-hydrogen) atoms. The van der Waals surface area contributed by atoms with E-state index in [4.69, 9.17) is 9.59 Å². The van der Waals surface area contributed by atoms with Gasteiger partial charge < -0.3 is 9.59 Å². The summed E-state index contributed by atoms with van der Waals surface area (Å²) in [6.45, 7) is 6.16. The summed E-state index contributed by atoms with van der Waals surface area (Å²) in [6.07, 6.45) is 2.83. The number of rotatable bonds is 1. The monoisotopic (exact) mass is 214 g/mol. The van der Waals surface area contributed by atoms with Gasteiger partial charge in [-0.2, -0.15) is 12.6 Å². The highest BCUT2D eigenvalue weighted by Crippen LogP contribution is 1.96. The highest BCUT2D eigenvalue weighted by molar-refractivity contribution is 7.79. The van der Waals surface area contributed by atoms with Gasteiger partial charge in [-0.1, -0.05) is 37.3 Å². The lowest BCUT2D eigenvalue weighted by atomic mass is 10.2. The molecule has 2 nitrogen and oxygen atoms in total. The average Bonchev–Trinajstić information content (AvgIpc) is 2.37. The van der Waals surface area contributed by atoms with E-state index in [1.165, 1.54) is 5.56 Å². The Morgan fingerprint density at radius 2 is 1.36 bits per heavy atom. The first kappa shape index (κ1) is 18.6. The largest absolute Gasteiger partial charge is 0.307 e. The third kappa shape index (κ3) is 13.5. The Labute approximate surface area is 91.8 Å². The fraction of sp³-hybridized carbons (Fsp3) is 0.273. The fourth-order valence-electron chi connectivity index (χ4n) is 0.714. The third-order valence-electron chi connectivity index (χ3n) is 1.25. The molecule has 1 aromatic rings. The Morgan fingerprint density at radius 3 is 1.57 bits per heavy atom. The maximum atomic E-state index is 8.00. The summed E-state index contributed by atoms with van der Waals surface area (Å²) in [7, 11) is 0. The van der Waals surface area contributed by atoms with Crippen molar-refractivity contribution in [2.45, 2.75) is 13.3 Å². The molecule has 0 fully saturated rings. The second kappa shape index (κ2) is 22.7. The Morgan fingerprint density at radius 1 is 1.00 bits per heavy atom. The van der Waals surface area contributed by atoms with Gasteiger partial charge in [-0.3, -0.25) is 0 Å². The van der Waals surface area contributed by atoms with Crippen LogP contribution in [-0.4, -0.2) is 19.8 Å². The zero-order chi connectivity index (χ0) is 11.8. The molecule has 0 saturated carbocycles. The van der Waals surface area contributed by atoms with Crippen molar-refractivity contribution in [1.82, 2.24) is 0 Å². The quantitative estimate of drug-likeness (QED) is 0.728. The van der Waals surface area contributed by atoms with Gasteiger partial charge in [0.1, 0.15) is 13.6 Å². The van der Waals surface area contributed by atoms with Gasteiger partial charge in [0, 0.05) is 0 Å². The number of hydrogen-bond acceptors (Lipinski definition) is 3. The lowest BCUT2D eigenvalue weighted by Crippen LogP contribution is -1.73. The van der Waals surface area contributed by atoms with Crippen molar-refractivity contribution >= 4 is 26.2 Å². The molecule has 80 valence electrons. The van der Waals surface area contributed by atoms with Gasteiger partial charge in [0.2, 0.25) is 0 Å². The number of aryl methyl sites for hydroxylation is 1. The van der Waals surface area contributed by atoms with Gasteiger partial charge >= 0.3 is 0 Å². The molecule has 0 N–H and O–H groups in total. The normalized spacial score (nSPS) is 6.21. The zero-order valence-corrected chi connectivity index (χ0v) is 9.67. The van der Waals surface area contributed by atoms with Crippen LogP contribution in [0.4, 0.5) is 0 Å². The minimum absolute atomic E-state index is 1.14. The second-order valence-corrected chi connectivity index (χ2v) is 1.84. The molecular formula is C11H18O2S. The maximum Gasteiger partial charge on any atom is 0.106 e. The lowest BCUT2D eigenvalue weighted by Gasteiger charge is -1.89. The summed E-state index contributed by atoms with van der Waals surface area (Å²) < 4.78 is 0. The Bertz CT molecular complexity index is 176. The lowest BCUT2D eigenvalue weighted by molar-refractivity contribution is -0.0987. The van der Waals surface area contributed by atoms with E-state index < -0.39 is 0 Å². The van der Waals surface area contributed by atoms with Crippen molar-refractivity contribution in [1.29, 1.82) is 0 Å². The summed E-state index contributed by atoms with van der Waals surface area (Å²) in [5.41, 5.74) is 1.41. The predicted octanol–water partition coefficient (Wildman–Crippen LogP) is 2.43. The highest BCUT2D eigenvalue weighted by atomic mass is 32.1. The molecule has 0 aromatic heterocycles. The van der Waals surface area contributed by atoms with Crippen LogP contribution in [0.1, 0.15) is 12.5 Å². The van der Waals surface area contributed by atoms with Gasteiger partial charge in [0.05, 0.1) is 0 Å². The van der Waals surface area contributed by atoms with Crippen LogP contribution in [0.3, 0.4) is 0 Å². The minimum atomic E-state index is 1.14. The second-order valence-electron chi connectivity index (χ2n) is 1.84. The molecule has 0 amide bonds. The fourth-order valence-corrected chi connectivity index (χ4v) is 0.714. The van der Waals surface area contributed by atoms with Crippen molar-refractivity contribution < 1.29 is 9.59 Å². The van der Waals surface area contributed by atoms with Crippen molar-refractivity contribution in [2.75, 3.05) is 6.26 Å². The molecule has 0 radical (unpaired) electrons. The predicted molar refractivity (Wildman–Crippen MR) is 65.0 cm³/mol. The molecule has 1 rings (SSSR count). The van der Waals surface area contributed by atoms with E-state index in [0.29, 0.717) is 0 Å². The minimum Gasteiger partial charge on any atom is -0.307 e. The number of carbonyl (C=O) groups is 2. The van der Waals surface area contributed by atoms with Crippen LogP contribution in [-0.2, 0) is 16.0 Å². The molecule has 0 bridgehead atoms. The number of benzene rings is 1. The van der Waals surface area contributed by atoms with Gasteiger partial charge in [-0.25, -0.2) is 0 Å². The van der Waals surface area contributed by atoms with Crippen molar-refractivity contribution in [3.8, 4) is 0 Å². The number of hydrogen-bond donors (Lipinski definition) is 1. The van der Waals surface area contributed by atoms with Crippen LogP contribution >= 0.6 is 12.6 Å². The first-order valence-corrected chi connectivity index (χ1v) is 4.89. The standard InChI is InChI=1S/C8H10.2CH2O.CH4S/c1-2-8-6-4-3-5-7-8;3*1-2/h3-7H,2H2,1H3;2*1H2;2H,1H3. The third-order valence-corrected chi connectivity index (χ3v) is 1.25. The Hall–Kier alpha value is -1.09. The van der Waals surface area contributed by atoms with Gasteiger partial charge in [0.25, 0.3) is 0 Å². The molecule has 3 heteroatoms. The van der Waals surface area contributed by atoms with E-state index in [1.807, 2.05) is 19.6 Å². The van der Waals surface area contributed by atoms with Crippen LogP contribution in [0.25, 0.3) is 0 Å². The topological polar surface area (TPSA) is 34.1 Å². The van der Waals surface area contributed by atoms with E-state index in [2.05, 4.69) is 43.8 Å². The van der Waals surface area contributed by atoms with Gasteiger partial charge in [-0.15, -0.1) is 0 Å². The van der Waals surface area contributed by atoms with Crippen molar-refractivity contribution in [2.24, 2.45) is 0 Å². The average molecular weight is 214 g/mol. The number of thiol groups is 1. The summed E-state index contributed by atoms with van der Waals surface area (Å²) >= 11 is 3.53. The van der Waals surface area contributed by atoms with Crippen LogP contribution in [0.5, 0.6) is 0 Å². The molecule has 0 atom stereocenters. The molecule has 0 saturated heterocycles.